The zero-order valence-electron chi connectivity index (χ0n) is 13.3. The molecule has 0 atom stereocenters. The van der Waals surface area contributed by atoms with Gasteiger partial charge in [0.25, 0.3) is 0 Å². The molecule has 1 aromatic carbocycles. The Morgan fingerprint density at radius 1 is 1.27 bits per heavy atom. The molecule has 0 bridgehead atoms. The van der Waals surface area contributed by atoms with Crippen LogP contribution in [-0.2, 0) is 10.3 Å². The summed E-state index contributed by atoms with van der Waals surface area (Å²) in [4.78, 5) is 12.2. The largest absolute Gasteiger partial charge is 0.347 e. The second-order valence-corrected chi connectivity index (χ2v) is 7.33. The predicted octanol–water partition coefficient (Wildman–Crippen LogP) is 4.00. The lowest BCUT2D eigenvalue weighted by atomic mass is 9.91. The molecule has 5 heteroatoms. The molecule has 2 N–H and O–H groups in total. The van der Waals surface area contributed by atoms with E-state index in [2.05, 4.69) is 52.5 Å². The van der Waals surface area contributed by atoms with Crippen LogP contribution in [0.15, 0.2) is 28.7 Å². The lowest BCUT2D eigenvalue weighted by Gasteiger charge is -2.28. The Labute approximate surface area is 148 Å². The maximum atomic E-state index is 12.2. The fourth-order valence-corrected chi connectivity index (χ4v) is 3.12. The van der Waals surface area contributed by atoms with E-state index in [1.165, 1.54) is 12.8 Å². The van der Waals surface area contributed by atoms with Gasteiger partial charge in [-0.1, -0.05) is 28.1 Å². The number of nitrogens with one attached hydrogen (secondary N) is 2. The number of hydrogen-bond acceptors (Lipinski definition) is 2. The number of hydrogen-bond donors (Lipinski definition) is 2. The number of carbonyl (C=O) groups excluding carboxylic acids is 1. The highest BCUT2D eigenvalue weighted by molar-refractivity contribution is 9.10. The molecule has 1 aliphatic rings. The van der Waals surface area contributed by atoms with Crippen LogP contribution in [-0.4, -0.2) is 19.0 Å². The molecule has 3 nitrogen and oxygen atoms in total. The topological polar surface area (TPSA) is 41.1 Å². The molecule has 0 unspecified atom stereocenters. The van der Waals surface area contributed by atoms with Crippen molar-refractivity contribution in [1.29, 1.82) is 0 Å². The molecule has 0 saturated carbocycles. The molecule has 1 fully saturated rings. The molecule has 0 aromatic heterocycles. The van der Waals surface area contributed by atoms with Crippen LogP contribution in [0.4, 0.5) is 0 Å². The molecule has 0 radical (unpaired) electrons. The smallest absolute Gasteiger partial charge is 0.220 e. The summed E-state index contributed by atoms with van der Waals surface area (Å²) in [5.41, 5.74) is 0.798. The maximum Gasteiger partial charge on any atom is 0.220 e. The molecule has 1 amide bonds. The van der Waals surface area contributed by atoms with Crippen molar-refractivity contribution in [1.82, 2.24) is 10.6 Å². The quantitative estimate of drug-likeness (QED) is 0.799. The first kappa shape index (κ1) is 19.5. The maximum absolute atomic E-state index is 12.2. The lowest BCUT2D eigenvalue weighted by Crippen LogP contribution is -2.41. The Morgan fingerprint density at radius 3 is 2.45 bits per heavy atom. The van der Waals surface area contributed by atoms with Gasteiger partial charge in [0.1, 0.15) is 0 Å². The highest BCUT2D eigenvalue weighted by Gasteiger charge is 2.23. The first-order chi connectivity index (χ1) is 9.97. The summed E-state index contributed by atoms with van der Waals surface area (Å²) >= 11 is 3.44. The molecule has 0 aliphatic carbocycles. The molecule has 1 heterocycles. The van der Waals surface area contributed by atoms with Gasteiger partial charge in [0, 0.05) is 10.9 Å². The second kappa shape index (κ2) is 8.90. The lowest BCUT2D eigenvalue weighted by molar-refractivity contribution is -0.123. The molecule has 22 heavy (non-hydrogen) atoms. The highest BCUT2D eigenvalue weighted by Crippen LogP contribution is 2.23. The van der Waals surface area contributed by atoms with Crippen molar-refractivity contribution >= 4 is 34.2 Å². The number of benzene rings is 1. The Hall–Kier alpha value is -0.580. The van der Waals surface area contributed by atoms with Gasteiger partial charge in [-0.15, -0.1) is 12.4 Å². The van der Waals surface area contributed by atoms with Gasteiger partial charge in [-0.2, -0.15) is 0 Å². The summed E-state index contributed by atoms with van der Waals surface area (Å²) in [6.07, 6.45) is 4.03. The van der Waals surface area contributed by atoms with E-state index in [9.17, 15) is 4.79 Å². The average molecular weight is 390 g/mol. The van der Waals surface area contributed by atoms with Crippen LogP contribution in [0.5, 0.6) is 0 Å². The average Bonchev–Trinajstić information content (AvgIpc) is 2.46. The first-order valence-corrected chi connectivity index (χ1v) is 8.54. The normalized spacial score (nSPS) is 16.0. The predicted molar refractivity (Wildman–Crippen MR) is 97.4 cm³/mol. The Balaban J connectivity index is 0.00000242. The fourth-order valence-electron chi connectivity index (χ4n) is 2.86. The zero-order chi connectivity index (χ0) is 15.3. The highest BCUT2D eigenvalue weighted by atomic mass is 79.9. The van der Waals surface area contributed by atoms with E-state index in [0.29, 0.717) is 12.3 Å². The van der Waals surface area contributed by atoms with Crippen LogP contribution in [0, 0.1) is 5.92 Å². The van der Waals surface area contributed by atoms with E-state index in [-0.39, 0.29) is 23.9 Å². The van der Waals surface area contributed by atoms with E-state index < -0.39 is 0 Å². The van der Waals surface area contributed by atoms with Gasteiger partial charge in [0.2, 0.25) is 5.91 Å². The van der Waals surface area contributed by atoms with Gasteiger partial charge in [-0.05, 0) is 69.8 Å². The minimum absolute atomic E-state index is 0. The van der Waals surface area contributed by atoms with E-state index >= 15 is 0 Å². The minimum Gasteiger partial charge on any atom is -0.347 e. The third kappa shape index (κ3) is 5.90. The second-order valence-electron chi connectivity index (χ2n) is 6.41. The third-order valence-electron chi connectivity index (χ3n) is 4.26. The molecular weight excluding hydrogens is 364 g/mol. The van der Waals surface area contributed by atoms with Crippen LogP contribution in [0.3, 0.4) is 0 Å². The minimum atomic E-state index is -0.327. The van der Waals surface area contributed by atoms with Crippen molar-refractivity contribution in [3.8, 4) is 0 Å². The zero-order valence-corrected chi connectivity index (χ0v) is 15.7. The van der Waals surface area contributed by atoms with E-state index in [1.807, 2.05) is 12.1 Å². The number of carbonyl (C=O) groups is 1. The summed E-state index contributed by atoms with van der Waals surface area (Å²) in [5.74, 6) is 0.856. The molecule has 0 spiro atoms. The van der Waals surface area contributed by atoms with Crippen LogP contribution >= 0.6 is 28.3 Å². The molecule has 1 aliphatic heterocycles. The van der Waals surface area contributed by atoms with Crippen LogP contribution < -0.4 is 10.6 Å². The van der Waals surface area contributed by atoms with Crippen molar-refractivity contribution in [2.75, 3.05) is 13.1 Å². The Morgan fingerprint density at radius 2 is 1.86 bits per heavy atom. The summed E-state index contributed by atoms with van der Waals surface area (Å²) in [6, 6.07) is 8.13. The van der Waals surface area contributed by atoms with Gasteiger partial charge in [0.05, 0.1) is 5.54 Å². The summed E-state index contributed by atoms with van der Waals surface area (Å²) in [7, 11) is 0. The standard InChI is InChI=1S/C17H25BrN2O.ClH/c1-17(2,14-4-6-15(18)7-5-14)20-16(21)8-3-13-9-11-19-12-10-13;/h4-7,13,19H,3,8-12H2,1-2H3,(H,20,21);1H. The fraction of sp³-hybridized carbons (Fsp3) is 0.588. The SMILES string of the molecule is CC(C)(NC(=O)CCC1CCNCC1)c1ccc(Br)cc1.Cl. The molecule has 124 valence electrons. The molecular formula is C17H26BrClN2O. The van der Waals surface area contributed by atoms with Gasteiger partial charge in [0.15, 0.2) is 0 Å². The van der Waals surface area contributed by atoms with E-state index in [0.717, 1.165) is 29.5 Å². The Bertz CT molecular complexity index is 470. The molecule has 1 aromatic rings. The number of amides is 1. The Kier molecular flexibility index (Phi) is 7.87. The van der Waals surface area contributed by atoms with Crippen LogP contribution in [0.2, 0.25) is 0 Å². The van der Waals surface area contributed by atoms with Gasteiger partial charge in [-0.25, -0.2) is 0 Å². The van der Waals surface area contributed by atoms with Crippen molar-refractivity contribution in [3.05, 3.63) is 34.3 Å². The van der Waals surface area contributed by atoms with Gasteiger partial charge in [-0.3, -0.25) is 4.79 Å². The van der Waals surface area contributed by atoms with Crippen molar-refractivity contribution < 1.29 is 4.79 Å². The number of rotatable bonds is 5. The first-order valence-electron chi connectivity index (χ1n) is 7.75. The van der Waals surface area contributed by atoms with Crippen molar-refractivity contribution in [3.63, 3.8) is 0 Å². The van der Waals surface area contributed by atoms with Crippen LogP contribution in [0.1, 0.15) is 45.1 Å². The van der Waals surface area contributed by atoms with Crippen LogP contribution in [0.25, 0.3) is 0 Å². The summed E-state index contributed by atoms with van der Waals surface area (Å²) in [6.45, 7) is 6.30. The van der Waals surface area contributed by atoms with Crippen molar-refractivity contribution in [2.45, 2.75) is 45.1 Å². The van der Waals surface area contributed by atoms with E-state index in [1.54, 1.807) is 0 Å². The summed E-state index contributed by atoms with van der Waals surface area (Å²) < 4.78 is 1.05. The van der Waals surface area contributed by atoms with E-state index in [4.69, 9.17) is 0 Å². The monoisotopic (exact) mass is 388 g/mol. The van der Waals surface area contributed by atoms with Gasteiger partial charge < -0.3 is 10.6 Å². The van der Waals surface area contributed by atoms with Gasteiger partial charge >= 0.3 is 0 Å². The third-order valence-corrected chi connectivity index (χ3v) is 4.78. The molecule has 2 rings (SSSR count). The molecule has 1 saturated heterocycles. The number of piperidine rings is 1. The van der Waals surface area contributed by atoms with Crippen molar-refractivity contribution in [2.24, 2.45) is 5.92 Å². The number of halogens is 2. The summed E-state index contributed by atoms with van der Waals surface area (Å²) in [5, 5.41) is 6.52.